The lowest BCUT2D eigenvalue weighted by molar-refractivity contribution is 0.183. The van der Waals surface area contributed by atoms with Crippen LogP contribution in [0.3, 0.4) is 0 Å². The third-order valence-electron chi connectivity index (χ3n) is 10.0. The fourth-order valence-electron chi connectivity index (χ4n) is 6.34. The number of unbranched alkanes of at least 4 members (excludes halogenated alkanes) is 5. The third kappa shape index (κ3) is 38.1. The van der Waals surface area contributed by atoms with Gasteiger partial charge in [-0.1, -0.05) is 220 Å². The molecule has 0 nitrogen and oxygen atoms in total. The normalized spacial score (nSPS) is 19.5. The van der Waals surface area contributed by atoms with Crippen LogP contribution in [-0.4, -0.2) is 0 Å². The van der Waals surface area contributed by atoms with Crippen molar-refractivity contribution in [3.63, 3.8) is 0 Å². The van der Waals surface area contributed by atoms with E-state index in [0.717, 1.165) is 35.5 Å². The first-order valence-corrected chi connectivity index (χ1v) is 20.2. The lowest BCUT2D eigenvalue weighted by Crippen LogP contribution is -2.21. The van der Waals surface area contributed by atoms with Crippen LogP contribution < -0.4 is 0 Å². The molecule has 0 N–H and O–H groups in total. The first kappa shape index (κ1) is 52.5. The van der Waals surface area contributed by atoms with E-state index in [4.69, 9.17) is 0 Å². The zero-order chi connectivity index (χ0) is 33.0. The van der Waals surface area contributed by atoms with Crippen molar-refractivity contribution >= 4 is 0 Å². The Bertz CT molecular complexity index is 360. The molecule has 0 aromatic rings. The summed E-state index contributed by atoms with van der Waals surface area (Å²) in [5.41, 5.74) is 0. The smallest absolute Gasteiger partial charge is 0.0412 e. The van der Waals surface area contributed by atoms with Crippen molar-refractivity contribution in [2.45, 2.75) is 246 Å². The van der Waals surface area contributed by atoms with E-state index in [2.05, 4.69) is 96.9 Å². The van der Waals surface area contributed by atoms with Crippen molar-refractivity contribution in [2.24, 2.45) is 35.5 Å². The molecule has 0 atom stereocenters. The summed E-state index contributed by atoms with van der Waals surface area (Å²) in [6.07, 6.45) is 31.0. The molecule has 1 fully saturated rings. The van der Waals surface area contributed by atoms with Gasteiger partial charge in [-0.15, -0.1) is 0 Å². The fourth-order valence-corrected chi connectivity index (χ4v) is 6.34. The van der Waals surface area contributed by atoms with Crippen molar-refractivity contribution in [3.8, 4) is 0 Å². The van der Waals surface area contributed by atoms with Gasteiger partial charge in [-0.05, 0) is 61.2 Å². The molecule has 0 saturated heterocycles. The average Bonchev–Trinajstić information content (AvgIpc) is 3.00. The number of hydrogen-bond donors (Lipinski definition) is 0. The molecular formula is C43H96. The van der Waals surface area contributed by atoms with E-state index >= 15 is 0 Å². The van der Waals surface area contributed by atoms with Crippen LogP contribution in [0.2, 0.25) is 0 Å². The van der Waals surface area contributed by atoms with Gasteiger partial charge >= 0.3 is 0 Å². The number of rotatable bonds is 16. The molecule has 1 rings (SSSR count). The highest BCUT2D eigenvalue weighted by molar-refractivity contribution is 4.77. The summed E-state index contributed by atoms with van der Waals surface area (Å²) >= 11 is 0. The maximum absolute atomic E-state index is 2.39. The molecule has 0 heterocycles. The second kappa shape index (κ2) is 44.1. The van der Waals surface area contributed by atoms with Crippen LogP contribution in [0.1, 0.15) is 246 Å². The molecule has 0 amide bonds. The molecule has 0 aromatic carbocycles. The van der Waals surface area contributed by atoms with Crippen molar-refractivity contribution < 1.29 is 0 Å². The highest BCUT2D eigenvalue weighted by Crippen LogP contribution is 2.38. The standard InChI is InChI=1S/C16H32.C9H20.2C7H16.C3H8.CH4/c1-5-13-9-14(6-2)11-16(8-4)12-15(7-3)10-13;1-4-7-8-9(5-2)6-3;1-4-7(5-2)6-3;1-3-5-7-6-4-2;1-3-2;/h13-16H,5-12H2,1-4H3;9H,4-8H2,1-3H3;7H,4-6H2,1-3H3;3-7H2,1-2H3;3H2,1-2H3;1H4. The van der Waals surface area contributed by atoms with Gasteiger partial charge in [-0.2, -0.15) is 0 Å². The molecule has 1 aliphatic carbocycles. The van der Waals surface area contributed by atoms with Gasteiger partial charge in [0, 0.05) is 0 Å². The van der Waals surface area contributed by atoms with Crippen molar-refractivity contribution in [3.05, 3.63) is 0 Å². The highest BCUT2D eigenvalue weighted by atomic mass is 14.3. The Morgan fingerprint density at radius 2 is 0.628 bits per heavy atom. The Balaban J connectivity index is -0.000000153. The van der Waals surface area contributed by atoms with Crippen LogP contribution in [0.5, 0.6) is 0 Å². The first-order chi connectivity index (χ1) is 20.2. The second-order valence-electron chi connectivity index (χ2n) is 13.7. The minimum Gasteiger partial charge on any atom is -0.0776 e. The van der Waals surface area contributed by atoms with Gasteiger partial charge in [0.1, 0.15) is 0 Å². The summed E-state index contributed by atoms with van der Waals surface area (Å²) in [7, 11) is 0. The maximum Gasteiger partial charge on any atom is -0.0412 e. The van der Waals surface area contributed by atoms with Crippen LogP contribution in [0, 0.1) is 35.5 Å². The van der Waals surface area contributed by atoms with Gasteiger partial charge in [0.05, 0.1) is 0 Å². The quantitative estimate of drug-likeness (QED) is 0.152. The lowest BCUT2D eigenvalue weighted by atomic mass is 9.72. The predicted octanol–water partition coefficient (Wildman–Crippen LogP) is 17.1. The monoisotopic (exact) mass is 613 g/mol. The lowest BCUT2D eigenvalue weighted by Gasteiger charge is -2.33. The summed E-state index contributed by atoms with van der Waals surface area (Å²) < 4.78 is 0. The number of hydrogen-bond acceptors (Lipinski definition) is 0. The minimum atomic E-state index is 0. The van der Waals surface area contributed by atoms with Crippen molar-refractivity contribution in [1.82, 2.24) is 0 Å². The van der Waals surface area contributed by atoms with Gasteiger partial charge in [0.15, 0.2) is 0 Å². The first-order valence-electron chi connectivity index (χ1n) is 20.2. The summed E-state index contributed by atoms with van der Waals surface area (Å²) in [6, 6.07) is 0. The van der Waals surface area contributed by atoms with E-state index in [9.17, 15) is 0 Å². The fraction of sp³-hybridized carbons (Fsp3) is 1.00. The molecule has 0 aromatic heterocycles. The van der Waals surface area contributed by atoms with Gasteiger partial charge < -0.3 is 0 Å². The topological polar surface area (TPSA) is 0 Å². The van der Waals surface area contributed by atoms with Crippen LogP contribution in [-0.2, 0) is 0 Å². The van der Waals surface area contributed by atoms with Gasteiger partial charge in [-0.25, -0.2) is 0 Å². The molecule has 1 aliphatic rings. The average molecular weight is 613 g/mol. The summed E-state index contributed by atoms with van der Waals surface area (Å²) in [6.45, 7) is 32.0. The maximum atomic E-state index is 2.39. The highest BCUT2D eigenvalue weighted by Gasteiger charge is 2.25. The Morgan fingerprint density at radius 1 is 0.372 bits per heavy atom. The van der Waals surface area contributed by atoms with Crippen LogP contribution >= 0.6 is 0 Å². The van der Waals surface area contributed by atoms with Gasteiger partial charge in [0.25, 0.3) is 0 Å². The molecule has 0 radical (unpaired) electrons. The van der Waals surface area contributed by atoms with Crippen molar-refractivity contribution in [2.75, 3.05) is 0 Å². The molecular weight excluding hydrogens is 516 g/mol. The molecule has 0 spiro atoms. The van der Waals surface area contributed by atoms with Crippen LogP contribution in [0.25, 0.3) is 0 Å². The van der Waals surface area contributed by atoms with Gasteiger partial charge in [-0.3, -0.25) is 0 Å². The zero-order valence-electron chi connectivity index (χ0n) is 33.0. The second-order valence-corrected chi connectivity index (χ2v) is 13.7. The van der Waals surface area contributed by atoms with Crippen LogP contribution in [0.15, 0.2) is 0 Å². The molecule has 0 unspecified atom stereocenters. The summed E-state index contributed by atoms with van der Waals surface area (Å²) in [4.78, 5) is 0. The largest absolute Gasteiger partial charge is 0.0776 e. The molecule has 0 bridgehead atoms. The molecule has 43 heavy (non-hydrogen) atoms. The molecule has 1 saturated carbocycles. The zero-order valence-corrected chi connectivity index (χ0v) is 33.0. The van der Waals surface area contributed by atoms with E-state index in [0.29, 0.717) is 0 Å². The van der Waals surface area contributed by atoms with E-state index in [-0.39, 0.29) is 7.43 Å². The predicted molar refractivity (Wildman–Crippen MR) is 209 cm³/mol. The molecule has 0 heteroatoms. The molecule has 268 valence electrons. The summed E-state index contributed by atoms with van der Waals surface area (Å²) in [5.74, 6) is 6.07. The minimum absolute atomic E-state index is 0. The Kier molecular flexibility index (Phi) is 53.9. The van der Waals surface area contributed by atoms with E-state index in [1.165, 1.54) is 141 Å². The van der Waals surface area contributed by atoms with E-state index in [1.807, 2.05) is 0 Å². The van der Waals surface area contributed by atoms with Crippen LogP contribution in [0.4, 0.5) is 0 Å². The third-order valence-corrected chi connectivity index (χ3v) is 10.0. The van der Waals surface area contributed by atoms with E-state index in [1.54, 1.807) is 0 Å². The molecule has 0 aliphatic heterocycles. The Hall–Kier alpha value is 0. The van der Waals surface area contributed by atoms with Gasteiger partial charge in [0.2, 0.25) is 0 Å². The van der Waals surface area contributed by atoms with Crippen molar-refractivity contribution in [1.29, 1.82) is 0 Å². The Labute approximate surface area is 280 Å². The Morgan fingerprint density at radius 3 is 0.791 bits per heavy atom. The SMILES string of the molecule is C.CCC.CCC(CC)CC.CCC1CC(CC)CC(CC)CC(CC)C1.CCCCC(CC)CC.CCCCCCC. The summed E-state index contributed by atoms with van der Waals surface area (Å²) in [5, 5.41) is 0. The van der Waals surface area contributed by atoms with E-state index < -0.39 is 0 Å².